The molecule has 1 aromatic carbocycles. The number of aryl methyl sites for hydroxylation is 2. The van der Waals surface area contributed by atoms with Crippen molar-refractivity contribution in [3.05, 3.63) is 46.7 Å². The smallest absolute Gasteiger partial charge is 0.194 e. The highest BCUT2D eigenvalue weighted by atomic mass is 32.1. The summed E-state index contributed by atoms with van der Waals surface area (Å²) in [5.41, 5.74) is 4.66. The van der Waals surface area contributed by atoms with Crippen molar-refractivity contribution in [3.8, 4) is 0 Å². The lowest BCUT2D eigenvalue weighted by molar-refractivity contribution is 0.991. The SMILES string of the molecule is Cc1cn2c(CNc3ccc(N(C)C)cc3)c(C)nc2s1. The Hall–Kier alpha value is -2.01. The van der Waals surface area contributed by atoms with Crippen molar-refractivity contribution in [1.82, 2.24) is 9.38 Å². The van der Waals surface area contributed by atoms with E-state index in [9.17, 15) is 0 Å². The summed E-state index contributed by atoms with van der Waals surface area (Å²) >= 11 is 1.73. The largest absolute Gasteiger partial charge is 0.379 e. The van der Waals surface area contributed by atoms with Gasteiger partial charge in [0.15, 0.2) is 4.96 Å². The second kappa shape index (κ2) is 5.41. The van der Waals surface area contributed by atoms with Crippen LogP contribution in [0.2, 0.25) is 0 Å². The maximum Gasteiger partial charge on any atom is 0.194 e. The van der Waals surface area contributed by atoms with Crippen molar-refractivity contribution in [1.29, 1.82) is 0 Å². The Kier molecular flexibility index (Phi) is 3.59. The quantitative estimate of drug-likeness (QED) is 0.797. The molecule has 3 rings (SSSR count). The number of benzene rings is 1. The van der Waals surface area contributed by atoms with Crippen molar-refractivity contribution in [2.75, 3.05) is 24.3 Å². The molecule has 0 atom stereocenters. The van der Waals surface area contributed by atoms with Gasteiger partial charge >= 0.3 is 0 Å². The van der Waals surface area contributed by atoms with Crippen molar-refractivity contribution in [2.24, 2.45) is 0 Å². The Morgan fingerprint density at radius 3 is 2.57 bits per heavy atom. The summed E-state index contributed by atoms with van der Waals surface area (Å²) in [5, 5.41) is 3.48. The van der Waals surface area contributed by atoms with Gasteiger partial charge in [-0.15, -0.1) is 11.3 Å². The van der Waals surface area contributed by atoms with Crippen molar-refractivity contribution < 1.29 is 0 Å². The molecular formula is C16H20N4S. The molecule has 0 saturated carbocycles. The van der Waals surface area contributed by atoms with Crippen LogP contribution in [0, 0.1) is 13.8 Å². The molecule has 2 aromatic heterocycles. The molecule has 0 aliphatic rings. The Balaban J connectivity index is 1.78. The Labute approximate surface area is 129 Å². The van der Waals surface area contributed by atoms with Crippen LogP contribution in [0.5, 0.6) is 0 Å². The van der Waals surface area contributed by atoms with Gasteiger partial charge in [-0.2, -0.15) is 0 Å². The van der Waals surface area contributed by atoms with Crippen LogP contribution in [0.1, 0.15) is 16.3 Å². The summed E-state index contributed by atoms with van der Waals surface area (Å²) < 4.78 is 2.19. The van der Waals surface area contributed by atoms with Gasteiger partial charge < -0.3 is 10.2 Å². The van der Waals surface area contributed by atoms with E-state index in [2.05, 4.69) is 63.9 Å². The number of hydrogen-bond donors (Lipinski definition) is 1. The zero-order valence-corrected chi connectivity index (χ0v) is 13.7. The lowest BCUT2D eigenvalue weighted by Gasteiger charge is -2.13. The third kappa shape index (κ3) is 2.74. The summed E-state index contributed by atoms with van der Waals surface area (Å²) in [4.78, 5) is 9.08. The summed E-state index contributed by atoms with van der Waals surface area (Å²) in [6.45, 7) is 4.97. The monoisotopic (exact) mass is 300 g/mol. The lowest BCUT2D eigenvalue weighted by atomic mass is 10.2. The van der Waals surface area contributed by atoms with Crippen LogP contribution in [0.15, 0.2) is 30.5 Å². The summed E-state index contributed by atoms with van der Waals surface area (Å²) in [7, 11) is 4.10. The van der Waals surface area contributed by atoms with E-state index >= 15 is 0 Å². The first-order chi connectivity index (χ1) is 10.0. The minimum atomic E-state index is 0.782. The first-order valence-electron chi connectivity index (χ1n) is 7.00. The van der Waals surface area contributed by atoms with Crippen LogP contribution in [-0.2, 0) is 6.54 Å². The Morgan fingerprint density at radius 1 is 1.19 bits per heavy atom. The molecule has 0 saturated heterocycles. The molecule has 0 aliphatic carbocycles. The second-order valence-corrected chi connectivity index (χ2v) is 6.65. The number of anilines is 2. The molecule has 110 valence electrons. The van der Waals surface area contributed by atoms with Gasteiger partial charge in [0, 0.05) is 36.5 Å². The van der Waals surface area contributed by atoms with E-state index in [0.717, 1.165) is 22.9 Å². The normalized spacial score (nSPS) is 11.0. The number of rotatable bonds is 4. The minimum Gasteiger partial charge on any atom is -0.379 e. The average molecular weight is 300 g/mol. The molecule has 0 unspecified atom stereocenters. The van der Waals surface area contributed by atoms with E-state index in [-0.39, 0.29) is 0 Å². The molecule has 0 fully saturated rings. The van der Waals surface area contributed by atoms with E-state index in [1.807, 2.05) is 14.1 Å². The molecule has 5 heteroatoms. The highest BCUT2D eigenvalue weighted by molar-refractivity contribution is 7.17. The molecule has 1 N–H and O–H groups in total. The molecule has 0 spiro atoms. The van der Waals surface area contributed by atoms with E-state index in [1.54, 1.807) is 11.3 Å². The molecule has 21 heavy (non-hydrogen) atoms. The van der Waals surface area contributed by atoms with E-state index in [0.29, 0.717) is 0 Å². The highest BCUT2D eigenvalue weighted by Gasteiger charge is 2.10. The molecule has 2 heterocycles. The number of imidazole rings is 1. The zero-order valence-electron chi connectivity index (χ0n) is 12.8. The molecular weight excluding hydrogens is 280 g/mol. The topological polar surface area (TPSA) is 32.6 Å². The predicted molar refractivity (Wildman–Crippen MR) is 90.6 cm³/mol. The van der Waals surface area contributed by atoms with E-state index in [4.69, 9.17) is 0 Å². The van der Waals surface area contributed by atoms with Crippen molar-refractivity contribution in [2.45, 2.75) is 20.4 Å². The van der Waals surface area contributed by atoms with Gasteiger partial charge in [0.1, 0.15) is 0 Å². The number of thiazole rings is 1. The van der Waals surface area contributed by atoms with Crippen LogP contribution >= 0.6 is 11.3 Å². The number of nitrogens with zero attached hydrogens (tertiary/aromatic N) is 3. The van der Waals surface area contributed by atoms with E-state index in [1.165, 1.54) is 16.3 Å². The third-order valence-electron chi connectivity index (χ3n) is 3.58. The highest BCUT2D eigenvalue weighted by Crippen LogP contribution is 2.22. The Morgan fingerprint density at radius 2 is 1.90 bits per heavy atom. The third-order valence-corrected chi connectivity index (χ3v) is 4.48. The fourth-order valence-corrected chi connectivity index (χ4v) is 3.28. The molecule has 0 bridgehead atoms. The number of fused-ring (bicyclic) bond motifs is 1. The number of nitrogens with one attached hydrogen (secondary N) is 1. The van der Waals surface area contributed by atoms with Crippen LogP contribution < -0.4 is 10.2 Å². The zero-order chi connectivity index (χ0) is 15.0. The van der Waals surface area contributed by atoms with Gasteiger partial charge in [0.25, 0.3) is 0 Å². The first-order valence-corrected chi connectivity index (χ1v) is 7.81. The second-order valence-electron chi connectivity index (χ2n) is 5.43. The molecule has 0 aliphatic heterocycles. The van der Waals surface area contributed by atoms with Gasteiger partial charge in [0.05, 0.1) is 17.9 Å². The predicted octanol–water partition coefficient (Wildman–Crippen LogP) is 3.69. The molecule has 3 aromatic rings. The van der Waals surface area contributed by atoms with Crippen LogP contribution in [0.25, 0.3) is 4.96 Å². The molecule has 0 radical (unpaired) electrons. The summed E-state index contributed by atoms with van der Waals surface area (Å²) in [6.07, 6.45) is 2.16. The molecule has 0 amide bonds. The van der Waals surface area contributed by atoms with Crippen LogP contribution in [0.4, 0.5) is 11.4 Å². The number of aromatic nitrogens is 2. The summed E-state index contributed by atoms with van der Waals surface area (Å²) in [5.74, 6) is 0. The fourth-order valence-electron chi connectivity index (χ4n) is 2.39. The van der Waals surface area contributed by atoms with Crippen LogP contribution in [-0.4, -0.2) is 23.5 Å². The summed E-state index contributed by atoms with van der Waals surface area (Å²) in [6, 6.07) is 8.47. The number of hydrogen-bond acceptors (Lipinski definition) is 4. The standard InChI is InChI=1S/C16H20N4S/c1-11-10-20-15(12(2)18-16(20)21-11)9-17-13-5-7-14(8-6-13)19(3)4/h5-8,10,17H,9H2,1-4H3. The van der Waals surface area contributed by atoms with Gasteiger partial charge in [-0.05, 0) is 38.1 Å². The minimum absolute atomic E-state index is 0.782. The maximum absolute atomic E-state index is 4.62. The van der Waals surface area contributed by atoms with Gasteiger partial charge in [0.2, 0.25) is 0 Å². The van der Waals surface area contributed by atoms with Crippen molar-refractivity contribution in [3.63, 3.8) is 0 Å². The fraction of sp³-hybridized carbons (Fsp3) is 0.312. The van der Waals surface area contributed by atoms with Gasteiger partial charge in [-0.25, -0.2) is 4.98 Å². The van der Waals surface area contributed by atoms with Gasteiger partial charge in [-0.1, -0.05) is 0 Å². The van der Waals surface area contributed by atoms with Gasteiger partial charge in [-0.3, -0.25) is 4.40 Å². The lowest BCUT2D eigenvalue weighted by Crippen LogP contribution is -2.08. The molecule has 4 nitrogen and oxygen atoms in total. The average Bonchev–Trinajstić information content (AvgIpc) is 2.92. The van der Waals surface area contributed by atoms with Crippen molar-refractivity contribution >= 4 is 27.7 Å². The maximum atomic E-state index is 4.62. The first kappa shape index (κ1) is 13.9. The Bertz CT molecular complexity index is 753. The van der Waals surface area contributed by atoms with E-state index < -0.39 is 0 Å². The van der Waals surface area contributed by atoms with Crippen LogP contribution in [0.3, 0.4) is 0 Å².